The summed E-state index contributed by atoms with van der Waals surface area (Å²) in [4.78, 5) is 27.3. The first-order valence-corrected chi connectivity index (χ1v) is 10.3. The minimum absolute atomic E-state index is 0.0392. The van der Waals surface area contributed by atoms with Crippen molar-refractivity contribution in [3.05, 3.63) is 53.4 Å². The number of fused-ring (bicyclic) bond motifs is 1. The number of carbonyl (C=O) groups is 2. The van der Waals surface area contributed by atoms with E-state index in [0.29, 0.717) is 50.3 Å². The molecule has 1 aliphatic carbocycles. The van der Waals surface area contributed by atoms with Crippen LogP contribution in [0.2, 0.25) is 0 Å². The van der Waals surface area contributed by atoms with E-state index in [-0.39, 0.29) is 36.2 Å². The average molecular weight is 415 g/mol. The fourth-order valence-electron chi connectivity index (χ4n) is 4.30. The number of hydrogen-bond donors (Lipinski definition) is 0. The Morgan fingerprint density at radius 1 is 1.23 bits per heavy atom. The number of benzene rings is 1. The number of amides is 1. The molecule has 6 nitrogen and oxygen atoms in total. The van der Waals surface area contributed by atoms with Gasteiger partial charge < -0.3 is 19.1 Å². The highest BCUT2D eigenvalue weighted by atomic mass is 19.1. The molecule has 1 aromatic rings. The Hall–Kier alpha value is -2.67. The molecule has 1 amide bonds. The van der Waals surface area contributed by atoms with E-state index in [0.717, 1.165) is 5.56 Å². The van der Waals surface area contributed by atoms with Crippen LogP contribution in [0.4, 0.5) is 4.39 Å². The van der Waals surface area contributed by atoms with Crippen molar-refractivity contribution in [3.63, 3.8) is 0 Å². The third-order valence-corrected chi connectivity index (χ3v) is 6.07. The largest absolute Gasteiger partial charge is 0.491 e. The molecule has 2 heterocycles. The topological polar surface area (TPSA) is 65.1 Å². The van der Waals surface area contributed by atoms with Gasteiger partial charge in [-0.3, -0.25) is 4.79 Å². The zero-order valence-corrected chi connectivity index (χ0v) is 17.0. The molecule has 2 aliphatic heterocycles. The normalized spacial score (nSPS) is 24.3. The Balaban J connectivity index is 1.64. The molecule has 3 aliphatic rings. The van der Waals surface area contributed by atoms with Crippen LogP contribution in [-0.4, -0.2) is 49.7 Å². The van der Waals surface area contributed by atoms with Crippen molar-refractivity contribution in [2.45, 2.75) is 31.8 Å². The second-order valence-corrected chi connectivity index (χ2v) is 7.89. The number of allylic oxidation sites excluding steroid dienone is 3. The molecule has 0 spiro atoms. The van der Waals surface area contributed by atoms with Gasteiger partial charge >= 0.3 is 5.97 Å². The van der Waals surface area contributed by atoms with Crippen LogP contribution in [0.3, 0.4) is 0 Å². The van der Waals surface area contributed by atoms with E-state index in [9.17, 15) is 14.0 Å². The number of methoxy groups -OCH3 is 1. The molecule has 4 rings (SSSR count). The number of rotatable bonds is 3. The Bertz CT molecular complexity index is 874. The molecule has 1 aromatic carbocycles. The van der Waals surface area contributed by atoms with Crippen LogP contribution in [0, 0.1) is 11.8 Å². The Labute approximate surface area is 175 Å². The fourth-order valence-corrected chi connectivity index (χ4v) is 4.30. The van der Waals surface area contributed by atoms with Gasteiger partial charge in [-0.2, -0.15) is 0 Å². The molecule has 7 heteroatoms. The number of hydrogen-bond acceptors (Lipinski definition) is 5. The molecular weight excluding hydrogens is 389 g/mol. The SMILES string of the molecule is COC(=O)c1ccc2c(c1)OC[C@H](C1C=CC(F)=CC1)N(C(=O)C1CCOCC1)C2. The van der Waals surface area contributed by atoms with Crippen LogP contribution >= 0.6 is 0 Å². The van der Waals surface area contributed by atoms with Crippen LogP contribution in [0.5, 0.6) is 5.75 Å². The molecule has 1 saturated heterocycles. The lowest BCUT2D eigenvalue weighted by Gasteiger charge is -2.37. The van der Waals surface area contributed by atoms with Crippen molar-refractivity contribution in [3.8, 4) is 5.75 Å². The van der Waals surface area contributed by atoms with E-state index in [4.69, 9.17) is 14.2 Å². The summed E-state index contributed by atoms with van der Waals surface area (Å²) in [6.07, 6.45) is 6.74. The summed E-state index contributed by atoms with van der Waals surface area (Å²) in [6.45, 7) is 1.83. The van der Waals surface area contributed by atoms with Gasteiger partial charge in [0, 0.05) is 37.2 Å². The molecule has 0 saturated carbocycles. The third kappa shape index (κ3) is 4.26. The van der Waals surface area contributed by atoms with Gasteiger partial charge in [0.15, 0.2) is 0 Å². The van der Waals surface area contributed by atoms with E-state index in [1.807, 2.05) is 17.0 Å². The molecule has 0 bridgehead atoms. The average Bonchev–Trinajstić information content (AvgIpc) is 2.98. The lowest BCUT2D eigenvalue weighted by Crippen LogP contribution is -2.49. The van der Waals surface area contributed by atoms with Crippen molar-refractivity contribution in [2.75, 3.05) is 26.9 Å². The molecule has 160 valence electrons. The molecular formula is C23H26FNO5. The molecule has 0 N–H and O–H groups in total. The van der Waals surface area contributed by atoms with Gasteiger partial charge in [-0.25, -0.2) is 9.18 Å². The van der Waals surface area contributed by atoms with Gasteiger partial charge in [-0.15, -0.1) is 0 Å². The van der Waals surface area contributed by atoms with Gasteiger partial charge in [0.1, 0.15) is 18.2 Å². The highest BCUT2D eigenvalue weighted by molar-refractivity contribution is 5.90. The molecule has 2 atom stereocenters. The maximum absolute atomic E-state index is 13.5. The van der Waals surface area contributed by atoms with Crippen molar-refractivity contribution in [1.29, 1.82) is 0 Å². The van der Waals surface area contributed by atoms with Crippen molar-refractivity contribution < 1.29 is 28.2 Å². The Kier molecular flexibility index (Phi) is 6.18. The second kappa shape index (κ2) is 9.00. The molecule has 30 heavy (non-hydrogen) atoms. The molecule has 1 unspecified atom stereocenters. The van der Waals surface area contributed by atoms with Crippen LogP contribution in [0.1, 0.15) is 35.2 Å². The highest BCUT2D eigenvalue weighted by Crippen LogP contribution is 2.33. The maximum Gasteiger partial charge on any atom is 0.337 e. The van der Waals surface area contributed by atoms with Crippen LogP contribution in [0.15, 0.2) is 42.3 Å². The summed E-state index contributed by atoms with van der Waals surface area (Å²) in [5, 5.41) is 0. The van der Waals surface area contributed by atoms with Crippen molar-refractivity contribution in [2.24, 2.45) is 11.8 Å². The van der Waals surface area contributed by atoms with E-state index < -0.39 is 5.97 Å². The predicted molar refractivity (Wildman–Crippen MR) is 108 cm³/mol. The van der Waals surface area contributed by atoms with Crippen molar-refractivity contribution >= 4 is 11.9 Å². The number of esters is 1. The third-order valence-electron chi connectivity index (χ3n) is 6.07. The van der Waals surface area contributed by atoms with Crippen molar-refractivity contribution in [1.82, 2.24) is 4.90 Å². The summed E-state index contributed by atoms with van der Waals surface area (Å²) in [7, 11) is 1.33. The fraction of sp³-hybridized carbons (Fsp3) is 0.478. The van der Waals surface area contributed by atoms with Gasteiger partial charge in [0.25, 0.3) is 0 Å². The lowest BCUT2D eigenvalue weighted by molar-refractivity contribution is -0.143. The summed E-state index contributed by atoms with van der Waals surface area (Å²) < 4.78 is 29.8. The quantitative estimate of drug-likeness (QED) is 0.708. The standard InChI is InChI=1S/C23H26FNO5/c1-28-23(27)17-2-3-18-13-25(22(26)16-8-10-29-11-9-16)20(14-30-21(18)12-17)15-4-6-19(24)7-5-15/h2-4,6-7,12,15-16,20H,5,8-11,13-14H2,1H3/t15?,20-/m1/s1. The van der Waals surface area contributed by atoms with Crippen LogP contribution < -0.4 is 4.74 Å². The second-order valence-electron chi connectivity index (χ2n) is 7.89. The first-order chi connectivity index (χ1) is 14.6. The molecule has 0 radical (unpaired) electrons. The number of halogens is 1. The zero-order chi connectivity index (χ0) is 21.1. The Morgan fingerprint density at radius 2 is 2.03 bits per heavy atom. The highest BCUT2D eigenvalue weighted by Gasteiger charge is 2.37. The molecule has 1 fully saturated rings. The zero-order valence-electron chi connectivity index (χ0n) is 17.0. The number of ether oxygens (including phenoxy) is 3. The minimum Gasteiger partial charge on any atom is -0.491 e. The van der Waals surface area contributed by atoms with Gasteiger partial charge in [-0.1, -0.05) is 12.1 Å². The summed E-state index contributed by atoms with van der Waals surface area (Å²) in [5.41, 5.74) is 1.24. The summed E-state index contributed by atoms with van der Waals surface area (Å²) in [6, 6.07) is 4.93. The first kappa shape index (κ1) is 20.6. The van der Waals surface area contributed by atoms with E-state index >= 15 is 0 Å². The van der Waals surface area contributed by atoms with Gasteiger partial charge in [0.2, 0.25) is 5.91 Å². The van der Waals surface area contributed by atoms with Crippen LogP contribution in [-0.2, 0) is 20.8 Å². The first-order valence-electron chi connectivity index (χ1n) is 10.3. The van der Waals surface area contributed by atoms with E-state index in [1.165, 1.54) is 13.2 Å². The predicted octanol–water partition coefficient (Wildman–Crippen LogP) is 3.42. The Morgan fingerprint density at radius 3 is 2.73 bits per heavy atom. The molecule has 0 aromatic heterocycles. The van der Waals surface area contributed by atoms with E-state index in [1.54, 1.807) is 18.2 Å². The van der Waals surface area contributed by atoms with E-state index in [2.05, 4.69) is 0 Å². The number of nitrogens with zero attached hydrogens (tertiary/aromatic N) is 1. The van der Waals surface area contributed by atoms with Gasteiger partial charge in [0.05, 0.1) is 18.7 Å². The minimum atomic E-state index is -0.437. The van der Waals surface area contributed by atoms with Crippen LogP contribution in [0.25, 0.3) is 0 Å². The monoisotopic (exact) mass is 415 g/mol. The summed E-state index contributed by atoms with van der Waals surface area (Å²) >= 11 is 0. The summed E-state index contributed by atoms with van der Waals surface area (Å²) in [5.74, 6) is -0.158. The smallest absolute Gasteiger partial charge is 0.337 e. The number of carbonyl (C=O) groups excluding carboxylic acids is 2. The van der Waals surface area contributed by atoms with Gasteiger partial charge in [-0.05, 0) is 43.5 Å². The maximum atomic E-state index is 13.5. The lowest BCUT2D eigenvalue weighted by atomic mass is 9.89.